The number of unbranched alkanes of at least 4 members (excludes halogenated alkanes) is 1. The Labute approximate surface area is 220 Å². The minimum atomic E-state index is -0.594. The van der Waals surface area contributed by atoms with E-state index in [-0.39, 0.29) is 11.5 Å². The van der Waals surface area contributed by atoms with Crippen molar-refractivity contribution in [3.63, 3.8) is 0 Å². The topological polar surface area (TPSA) is 82.1 Å². The van der Waals surface area contributed by atoms with Crippen LogP contribution in [0.4, 0.5) is 4.79 Å². The molecule has 1 saturated heterocycles. The fourth-order valence-electron chi connectivity index (χ4n) is 3.87. The van der Waals surface area contributed by atoms with E-state index >= 15 is 0 Å². The van der Waals surface area contributed by atoms with E-state index < -0.39 is 23.7 Å². The number of benzene rings is 3. The third kappa shape index (κ3) is 6.51. The van der Waals surface area contributed by atoms with Crippen LogP contribution >= 0.6 is 11.8 Å². The van der Waals surface area contributed by atoms with Crippen LogP contribution in [0.2, 0.25) is 0 Å². The highest BCUT2D eigenvalue weighted by molar-refractivity contribution is 8.18. The van der Waals surface area contributed by atoms with Crippen LogP contribution in [0.25, 0.3) is 16.8 Å². The molecule has 3 aromatic rings. The monoisotopic (exact) mass is 519 g/mol. The molecule has 4 rings (SSSR count). The van der Waals surface area contributed by atoms with Crippen LogP contribution in [0.5, 0.6) is 11.5 Å². The molecule has 0 radical (unpaired) electrons. The predicted octanol–water partition coefficient (Wildman–Crippen LogP) is 6.20. The molecule has 0 atom stereocenters. The summed E-state index contributed by atoms with van der Waals surface area (Å²) >= 11 is 0.798. The first-order valence-corrected chi connectivity index (χ1v) is 13.1. The minimum Gasteiger partial charge on any atom is -0.490 e. The average Bonchev–Trinajstić information content (AvgIpc) is 3.15. The van der Waals surface area contributed by atoms with Gasteiger partial charge < -0.3 is 14.2 Å². The van der Waals surface area contributed by atoms with Gasteiger partial charge in [-0.1, -0.05) is 61.9 Å². The Morgan fingerprint density at radius 3 is 2.59 bits per heavy atom. The largest absolute Gasteiger partial charge is 0.490 e. The zero-order valence-electron chi connectivity index (χ0n) is 20.9. The van der Waals surface area contributed by atoms with E-state index in [9.17, 15) is 14.4 Å². The van der Waals surface area contributed by atoms with Crippen LogP contribution in [-0.4, -0.2) is 41.8 Å². The zero-order valence-corrected chi connectivity index (χ0v) is 21.7. The molecule has 0 spiro atoms. The van der Waals surface area contributed by atoms with Gasteiger partial charge in [-0.2, -0.15) is 0 Å². The van der Waals surface area contributed by atoms with E-state index in [0.29, 0.717) is 30.3 Å². The van der Waals surface area contributed by atoms with Crippen LogP contribution < -0.4 is 9.47 Å². The molecule has 1 fully saturated rings. The molecular formula is C29H29NO6S. The van der Waals surface area contributed by atoms with Gasteiger partial charge in [-0.15, -0.1) is 0 Å². The van der Waals surface area contributed by atoms with Crippen molar-refractivity contribution in [3.05, 3.63) is 76.7 Å². The second-order valence-electron chi connectivity index (χ2n) is 8.41. The van der Waals surface area contributed by atoms with Gasteiger partial charge >= 0.3 is 5.97 Å². The van der Waals surface area contributed by atoms with Crippen LogP contribution in [-0.2, 0) is 20.9 Å². The minimum absolute atomic E-state index is 0.234. The van der Waals surface area contributed by atoms with Crippen molar-refractivity contribution in [2.75, 3.05) is 19.8 Å². The lowest BCUT2D eigenvalue weighted by molar-refractivity contribution is -0.146. The maximum atomic E-state index is 12.8. The predicted molar refractivity (Wildman–Crippen MR) is 144 cm³/mol. The molecular weight excluding hydrogens is 490 g/mol. The maximum absolute atomic E-state index is 12.8. The number of nitrogens with zero attached hydrogens (tertiary/aromatic N) is 1. The van der Waals surface area contributed by atoms with E-state index in [1.807, 2.05) is 38.1 Å². The normalized spacial score (nSPS) is 14.4. The molecule has 2 amide bonds. The molecule has 7 nitrogen and oxygen atoms in total. The van der Waals surface area contributed by atoms with Gasteiger partial charge in [0.1, 0.15) is 13.2 Å². The van der Waals surface area contributed by atoms with Crippen LogP contribution in [0.15, 0.2) is 65.6 Å². The fourth-order valence-corrected chi connectivity index (χ4v) is 4.71. The Hall–Kier alpha value is -3.78. The second kappa shape index (κ2) is 12.5. The van der Waals surface area contributed by atoms with Gasteiger partial charge in [0, 0.05) is 0 Å². The molecule has 1 heterocycles. The Balaban J connectivity index is 1.47. The van der Waals surface area contributed by atoms with E-state index in [2.05, 4.69) is 18.2 Å². The molecule has 0 aliphatic carbocycles. The third-order valence-corrected chi connectivity index (χ3v) is 6.66. The van der Waals surface area contributed by atoms with Crippen molar-refractivity contribution in [1.29, 1.82) is 0 Å². The maximum Gasteiger partial charge on any atom is 0.326 e. The number of thioether (sulfide) groups is 1. The standard InChI is InChI=1S/C29H29NO6S/c1-3-5-15-35-27(31)18-30-28(32)26(37-29(30)33)17-20-13-14-24(25(16-20)34-4-2)36-19-22-11-8-10-21-9-6-7-12-23(21)22/h6-14,16-17H,3-5,15,18-19H2,1-2H3/b26-17+. The molecule has 0 N–H and O–H groups in total. The summed E-state index contributed by atoms with van der Waals surface area (Å²) in [4.78, 5) is 38.3. The van der Waals surface area contributed by atoms with Gasteiger partial charge in [-0.25, -0.2) is 0 Å². The Kier molecular flexibility index (Phi) is 8.85. The van der Waals surface area contributed by atoms with Gasteiger partial charge in [0.2, 0.25) is 0 Å². The van der Waals surface area contributed by atoms with E-state index in [0.717, 1.165) is 45.8 Å². The van der Waals surface area contributed by atoms with E-state index in [1.54, 1.807) is 24.3 Å². The van der Waals surface area contributed by atoms with Crippen LogP contribution in [0.3, 0.4) is 0 Å². The van der Waals surface area contributed by atoms with E-state index in [4.69, 9.17) is 14.2 Å². The molecule has 192 valence electrons. The fraction of sp³-hybridized carbons (Fsp3) is 0.276. The molecule has 1 aliphatic heterocycles. The number of hydrogen-bond acceptors (Lipinski definition) is 7. The summed E-state index contributed by atoms with van der Waals surface area (Å²) in [6.45, 7) is 4.55. The average molecular weight is 520 g/mol. The van der Waals surface area contributed by atoms with Gasteiger partial charge in [-0.05, 0) is 65.2 Å². The molecule has 37 heavy (non-hydrogen) atoms. The van der Waals surface area contributed by atoms with Crippen molar-refractivity contribution in [1.82, 2.24) is 4.90 Å². The number of amides is 2. The van der Waals surface area contributed by atoms with Crippen molar-refractivity contribution < 1.29 is 28.6 Å². The highest BCUT2D eigenvalue weighted by Gasteiger charge is 2.36. The van der Waals surface area contributed by atoms with Gasteiger partial charge in [0.05, 0.1) is 18.1 Å². The Bertz CT molecular complexity index is 1330. The van der Waals surface area contributed by atoms with Crippen molar-refractivity contribution in [2.24, 2.45) is 0 Å². The van der Waals surface area contributed by atoms with Gasteiger partial charge in [0.25, 0.3) is 11.1 Å². The number of carbonyl (C=O) groups is 3. The second-order valence-corrected chi connectivity index (χ2v) is 9.40. The highest BCUT2D eigenvalue weighted by Crippen LogP contribution is 2.35. The first-order valence-electron chi connectivity index (χ1n) is 12.3. The summed E-state index contributed by atoms with van der Waals surface area (Å²) in [6.07, 6.45) is 3.23. The van der Waals surface area contributed by atoms with Crippen LogP contribution in [0.1, 0.15) is 37.8 Å². The summed E-state index contributed by atoms with van der Waals surface area (Å²) in [6, 6.07) is 19.6. The quantitative estimate of drug-likeness (QED) is 0.170. The van der Waals surface area contributed by atoms with Crippen molar-refractivity contribution in [3.8, 4) is 11.5 Å². The number of imide groups is 1. The lowest BCUT2D eigenvalue weighted by Crippen LogP contribution is -2.34. The van der Waals surface area contributed by atoms with Crippen molar-refractivity contribution >= 4 is 45.7 Å². The molecule has 0 bridgehead atoms. The molecule has 1 aliphatic rings. The number of rotatable bonds is 11. The summed E-state index contributed by atoms with van der Waals surface area (Å²) in [5.41, 5.74) is 1.74. The third-order valence-electron chi connectivity index (χ3n) is 5.75. The number of carbonyl (C=O) groups excluding carboxylic acids is 3. The lowest BCUT2D eigenvalue weighted by atomic mass is 10.1. The summed E-state index contributed by atoms with van der Waals surface area (Å²) in [5, 5.41) is 1.78. The molecule has 3 aromatic carbocycles. The first-order chi connectivity index (χ1) is 18.0. The molecule has 0 unspecified atom stereocenters. The van der Waals surface area contributed by atoms with Gasteiger partial charge in [-0.3, -0.25) is 19.3 Å². The lowest BCUT2D eigenvalue weighted by Gasteiger charge is -2.14. The summed E-state index contributed by atoms with van der Waals surface area (Å²) in [7, 11) is 0. The van der Waals surface area contributed by atoms with Gasteiger partial charge in [0.15, 0.2) is 11.5 Å². The highest BCUT2D eigenvalue weighted by atomic mass is 32.2. The number of esters is 1. The number of hydrogen-bond donors (Lipinski definition) is 0. The smallest absolute Gasteiger partial charge is 0.326 e. The molecule has 0 aromatic heterocycles. The number of ether oxygens (including phenoxy) is 3. The summed E-state index contributed by atoms with van der Waals surface area (Å²) < 4.78 is 17.0. The SMILES string of the molecule is CCCCOC(=O)CN1C(=O)S/C(=C/c2ccc(OCc3cccc4ccccc34)c(OCC)c2)C1=O. The van der Waals surface area contributed by atoms with Crippen LogP contribution in [0, 0.1) is 0 Å². The summed E-state index contributed by atoms with van der Waals surface area (Å²) in [5.74, 6) is 0.00472. The zero-order chi connectivity index (χ0) is 26.2. The Morgan fingerprint density at radius 1 is 0.973 bits per heavy atom. The van der Waals surface area contributed by atoms with Crippen molar-refractivity contribution in [2.45, 2.75) is 33.3 Å². The first kappa shape index (κ1) is 26.3. The molecule has 8 heteroatoms. The molecule has 0 saturated carbocycles. The number of fused-ring (bicyclic) bond motifs is 1. The van der Waals surface area contributed by atoms with E-state index in [1.165, 1.54) is 0 Å². The Morgan fingerprint density at radius 2 is 1.78 bits per heavy atom.